The van der Waals surface area contributed by atoms with Crippen molar-refractivity contribution in [3.8, 4) is 11.5 Å². The molecule has 2 rings (SSSR count). The van der Waals surface area contributed by atoms with Gasteiger partial charge in [0.15, 0.2) is 0 Å². The molecule has 2 aromatic rings. The van der Waals surface area contributed by atoms with Crippen molar-refractivity contribution in [2.24, 2.45) is 0 Å². The van der Waals surface area contributed by atoms with Gasteiger partial charge in [-0.3, -0.25) is 9.59 Å². The van der Waals surface area contributed by atoms with Gasteiger partial charge in [-0.25, -0.2) is 0 Å². The van der Waals surface area contributed by atoms with Crippen LogP contribution in [-0.2, 0) is 16.1 Å². The van der Waals surface area contributed by atoms with Gasteiger partial charge in [0.2, 0.25) is 0 Å². The number of anilines is 1. The van der Waals surface area contributed by atoms with E-state index >= 15 is 0 Å². The van der Waals surface area contributed by atoms with Crippen molar-refractivity contribution in [1.82, 2.24) is 4.90 Å². The van der Waals surface area contributed by atoms with Gasteiger partial charge in [0.25, 0.3) is 0 Å². The van der Waals surface area contributed by atoms with Gasteiger partial charge in [-0.15, -0.1) is 0 Å². The van der Waals surface area contributed by atoms with E-state index < -0.39 is 11.8 Å². The van der Waals surface area contributed by atoms with Crippen LogP contribution < -0.4 is 14.8 Å². The molecule has 0 fully saturated rings. The molecule has 0 atom stereocenters. The van der Waals surface area contributed by atoms with E-state index in [0.29, 0.717) is 23.7 Å². The van der Waals surface area contributed by atoms with E-state index in [9.17, 15) is 9.59 Å². The summed E-state index contributed by atoms with van der Waals surface area (Å²) in [5.41, 5.74) is 1.34. The van der Waals surface area contributed by atoms with Crippen molar-refractivity contribution in [1.29, 1.82) is 0 Å². The van der Waals surface area contributed by atoms with Crippen molar-refractivity contribution < 1.29 is 19.1 Å². The summed E-state index contributed by atoms with van der Waals surface area (Å²) in [7, 11) is 3.02. The highest BCUT2D eigenvalue weighted by atomic mass is 16.5. The zero-order valence-electron chi connectivity index (χ0n) is 15.5. The van der Waals surface area contributed by atoms with Gasteiger partial charge in [0, 0.05) is 18.7 Å². The van der Waals surface area contributed by atoms with Crippen molar-refractivity contribution in [2.45, 2.75) is 26.4 Å². The lowest BCUT2D eigenvalue weighted by atomic mass is 10.2. The normalized spacial score (nSPS) is 10.3. The molecule has 2 aromatic carbocycles. The minimum Gasteiger partial charge on any atom is -0.497 e. The summed E-state index contributed by atoms with van der Waals surface area (Å²) in [6, 6.07) is 14.4. The molecule has 0 unspecified atom stereocenters. The van der Waals surface area contributed by atoms with Gasteiger partial charge in [0.05, 0.1) is 19.9 Å². The first-order chi connectivity index (χ1) is 12.5. The van der Waals surface area contributed by atoms with Gasteiger partial charge in [-0.1, -0.05) is 30.3 Å². The average Bonchev–Trinajstić information content (AvgIpc) is 2.66. The molecule has 0 aromatic heterocycles. The third kappa shape index (κ3) is 4.75. The molecule has 1 N–H and O–H groups in total. The Hall–Kier alpha value is -3.02. The van der Waals surface area contributed by atoms with Crippen LogP contribution in [0.3, 0.4) is 0 Å². The standard InChI is InChI=1S/C20H24N2O4/c1-14(2)22(13-15-8-6-5-7-9-15)20(24)19(23)21-17-12-16(25-3)10-11-18(17)26-4/h5-12,14H,13H2,1-4H3,(H,21,23). The van der Waals surface area contributed by atoms with Gasteiger partial charge in [-0.05, 0) is 31.5 Å². The molecule has 0 bridgehead atoms. The maximum absolute atomic E-state index is 12.7. The summed E-state index contributed by atoms with van der Waals surface area (Å²) in [5.74, 6) is -0.320. The molecule has 0 saturated heterocycles. The van der Waals surface area contributed by atoms with Crippen molar-refractivity contribution >= 4 is 17.5 Å². The number of hydrogen-bond acceptors (Lipinski definition) is 4. The lowest BCUT2D eigenvalue weighted by molar-refractivity contribution is -0.144. The molecule has 0 aliphatic carbocycles. The lowest BCUT2D eigenvalue weighted by Crippen LogP contribution is -2.43. The monoisotopic (exact) mass is 356 g/mol. The molecule has 6 nitrogen and oxygen atoms in total. The molecule has 0 radical (unpaired) electrons. The summed E-state index contributed by atoms with van der Waals surface area (Å²) in [4.78, 5) is 26.7. The molecule has 6 heteroatoms. The third-order valence-electron chi connectivity index (χ3n) is 3.93. The van der Waals surface area contributed by atoms with Crippen molar-refractivity contribution in [3.05, 3.63) is 54.1 Å². The molecule has 2 amide bonds. The number of rotatable bonds is 6. The molecule has 138 valence electrons. The highest BCUT2D eigenvalue weighted by Gasteiger charge is 2.25. The van der Waals surface area contributed by atoms with Crippen LogP contribution in [0.5, 0.6) is 11.5 Å². The Morgan fingerprint density at radius 1 is 1.04 bits per heavy atom. The number of amides is 2. The number of ether oxygens (including phenoxy) is 2. The molecule has 0 saturated carbocycles. The number of benzene rings is 2. The highest BCUT2D eigenvalue weighted by Crippen LogP contribution is 2.29. The predicted molar refractivity (Wildman–Crippen MR) is 100 cm³/mol. The van der Waals surface area contributed by atoms with E-state index in [1.54, 1.807) is 18.2 Å². The lowest BCUT2D eigenvalue weighted by Gasteiger charge is -2.26. The first-order valence-electron chi connectivity index (χ1n) is 8.34. The largest absolute Gasteiger partial charge is 0.497 e. The smallest absolute Gasteiger partial charge is 0.314 e. The van der Waals surface area contributed by atoms with Crippen LogP contribution in [-0.4, -0.2) is 37.0 Å². The number of nitrogens with one attached hydrogen (secondary N) is 1. The van der Waals surface area contributed by atoms with Crippen molar-refractivity contribution in [3.63, 3.8) is 0 Å². The SMILES string of the molecule is COc1ccc(OC)c(NC(=O)C(=O)N(Cc2ccccc2)C(C)C)c1. The quantitative estimate of drug-likeness (QED) is 0.808. The Morgan fingerprint density at radius 2 is 1.73 bits per heavy atom. The first-order valence-corrected chi connectivity index (χ1v) is 8.34. The van der Waals surface area contributed by atoms with Crippen LogP contribution in [0.2, 0.25) is 0 Å². The molecule has 0 aliphatic heterocycles. The van der Waals surface area contributed by atoms with E-state index in [2.05, 4.69) is 5.32 Å². The number of nitrogens with zero attached hydrogens (tertiary/aromatic N) is 1. The third-order valence-corrected chi connectivity index (χ3v) is 3.93. The van der Waals surface area contributed by atoms with Gasteiger partial charge in [0.1, 0.15) is 11.5 Å². The van der Waals surface area contributed by atoms with Gasteiger partial charge in [-0.2, -0.15) is 0 Å². The zero-order chi connectivity index (χ0) is 19.1. The summed E-state index contributed by atoms with van der Waals surface area (Å²) in [6.07, 6.45) is 0. The minimum absolute atomic E-state index is 0.124. The van der Waals surface area contributed by atoms with Crippen LogP contribution in [0.15, 0.2) is 48.5 Å². The van der Waals surface area contributed by atoms with E-state index in [4.69, 9.17) is 9.47 Å². The minimum atomic E-state index is -0.721. The fraction of sp³-hybridized carbons (Fsp3) is 0.300. The zero-order valence-corrected chi connectivity index (χ0v) is 15.5. The maximum atomic E-state index is 12.7. The van der Waals surface area contributed by atoms with E-state index in [0.717, 1.165) is 5.56 Å². The molecule has 0 heterocycles. The van der Waals surface area contributed by atoms with Crippen LogP contribution in [0.1, 0.15) is 19.4 Å². The molecule has 0 spiro atoms. The van der Waals surface area contributed by atoms with Crippen LogP contribution in [0, 0.1) is 0 Å². The molecular formula is C20H24N2O4. The number of carbonyl (C=O) groups excluding carboxylic acids is 2. The van der Waals surface area contributed by atoms with Gasteiger partial charge >= 0.3 is 11.8 Å². The average molecular weight is 356 g/mol. The molecule has 26 heavy (non-hydrogen) atoms. The van der Waals surface area contributed by atoms with E-state index in [-0.39, 0.29) is 6.04 Å². The topological polar surface area (TPSA) is 67.9 Å². The Balaban J connectivity index is 2.17. The summed E-state index contributed by atoms with van der Waals surface area (Å²) >= 11 is 0. The Bertz CT molecular complexity index is 760. The molecule has 0 aliphatic rings. The second-order valence-corrected chi connectivity index (χ2v) is 6.03. The second-order valence-electron chi connectivity index (χ2n) is 6.03. The Labute approximate surface area is 153 Å². The summed E-state index contributed by atoms with van der Waals surface area (Å²) < 4.78 is 10.4. The fourth-order valence-electron chi connectivity index (χ4n) is 2.49. The number of hydrogen-bond donors (Lipinski definition) is 1. The fourth-order valence-corrected chi connectivity index (χ4v) is 2.49. The van der Waals surface area contributed by atoms with Gasteiger partial charge < -0.3 is 19.7 Å². The van der Waals surface area contributed by atoms with Crippen LogP contribution >= 0.6 is 0 Å². The van der Waals surface area contributed by atoms with Crippen LogP contribution in [0.25, 0.3) is 0 Å². The second kappa shape index (κ2) is 8.89. The van der Waals surface area contributed by atoms with Crippen LogP contribution in [0.4, 0.5) is 5.69 Å². The maximum Gasteiger partial charge on any atom is 0.314 e. The highest BCUT2D eigenvalue weighted by molar-refractivity contribution is 6.39. The summed E-state index contributed by atoms with van der Waals surface area (Å²) in [5, 5.41) is 2.62. The number of methoxy groups -OCH3 is 2. The number of carbonyl (C=O) groups is 2. The Kier molecular flexibility index (Phi) is 6.60. The molecular weight excluding hydrogens is 332 g/mol. The predicted octanol–water partition coefficient (Wildman–Crippen LogP) is 3.08. The Morgan fingerprint density at radius 3 is 2.31 bits per heavy atom. The van der Waals surface area contributed by atoms with E-state index in [1.165, 1.54) is 19.1 Å². The summed E-state index contributed by atoms with van der Waals surface area (Å²) in [6.45, 7) is 4.11. The first kappa shape index (κ1) is 19.3. The van der Waals surface area contributed by atoms with Crippen molar-refractivity contribution in [2.75, 3.05) is 19.5 Å². The van der Waals surface area contributed by atoms with E-state index in [1.807, 2.05) is 44.2 Å².